The lowest BCUT2D eigenvalue weighted by atomic mass is 10.0. The third-order valence-electron chi connectivity index (χ3n) is 3.99. The largest absolute Gasteiger partial charge is 0.449 e. The highest BCUT2D eigenvalue weighted by molar-refractivity contribution is 6.76. The number of carbonyl (C=O) groups excluding carboxylic acids is 3. The maximum atomic E-state index is 12.4. The lowest BCUT2D eigenvalue weighted by molar-refractivity contribution is -0.119. The van der Waals surface area contributed by atoms with Gasteiger partial charge in [0.2, 0.25) is 5.91 Å². The summed E-state index contributed by atoms with van der Waals surface area (Å²) < 4.78 is 5.39. The van der Waals surface area contributed by atoms with Gasteiger partial charge < -0.3 is 15.8 Å². The second-order valence-electron chi connectivity index (χ2n) is 7.69. The van der Waals surface area contributed by atoms with Crippen molar-refractivity contribution in [2.24, 2.45) is 5.73 Å². The van der Waals surface area contributed by atoms with Gasteiger partial charge in [-0.2, -0.15) is 0 Å². The molecule has 1 rings (SSSR count). The van der Waals surface area contributed by atoms with E-state index in [0.29, 0.717) is 31.6 Å². The van der Waals surface area contributed by atoms with Crippen LogP contribution in [0.25, 0.3) is 0 Å². The summed E-state index contributed by atoms with van der Waals surface area (Å²) in [6.45, 7) is 11.1. The monoisotopic (exact) mass is 393 g/mol. The van der Waals surface area contributed by atoms with Gasteiger partial charge in [-0.3, -0.25) is 14.5 Å². The van der Waals surface area contributed by atoms with Crippen LogP contribution >= 0.6 is 0 Å². The standard InChI is InChI=1S/C19H31N3O4Si/c1-5-7-16-14-15(18(24)21-10-6-8-17(20)23)9-11-22(16)19(25)26-12-13-27(2,3)4/h5,9,11,14,16H,1,6-8,10,12-13H2,2-4H3,(H2,20,23)(H,21,24). The van der Waals surface area contributed by atoms with Crippen molar-refractivity contribution in [2.45, 2.75) is 51.0 Å². The van der Waals surface area contributed by atoms with Crippen LogP contribution in [0.5, 0.6) is 0 Å². The molecule has 0 spiro atoms. The van der Waals surface area contributed by atoms with E-state index in [1.807, 2.05) is 0 Å². The first kappa shape index (κ1) is 22.7. The van der Waals surface area contributed by atoms with Crippen LogP contribution in [0, 0.1) is 0 Å². The number of rotatable bonds is 10. The van der Waals surface area contributed by atoms with Crippen LogP contribution in [0.3, 0.4) is 0 Å². The summed E-state index contributed by atoms with van der Waals surface area (Å²) >= 11 is 0. The van der Waals surface area contributed by atoms with E-state index in [1.165, 1.54) is 4.90 Å². The molecule has 0 aromatic carbocycles. The Balaban J connectivity index is 2.63. The molecule has 7 nitrogen and oxygen atoms in total. The quantitative estimate of drug-likeness (QED) is 0.338. The molecule has 0 saturated heterocycles. The number of carbonyl (C=O) groups is 3. The number of hydrogen-bond acceptors (Lipinski definition) is 4. The van der Waals surface area contributed by atoms with Crippen molar-refractivity contribution in [1.29, 1.82) is 0 Å². The lowest BCUT2D eigenvalue weighted by Crippen LogP contribution is -2.39. The maximum absolute atomic E-state index is 12.4. The van der Waals surface area contributed by atoms with E-state index < -0.39 is 20.1 Å². The fraction of sp³-hybridized carbons (Fsp3) is 0.526. The molecular weight excluding hydrogens is 362 g/mol. The smallest absolute Gasteiger partial charge is 0.414 e. The molecule has 1 aliphatic heterocycles. The van der Waals surface area contributed by atoms with Gasteiger partial charge in [0.25, 0.3) is 5.91 Å². The SMILES string of the molecule is C=CCC1C=C(C(=O)NCCCC(N)=O)C=CN1C(=O)OCC[Si](C)(C)C. The van der Waals surface area contributed by atoms with Gasteiger partial charge in [0.1, 0.15) is 0 Å². The van der Waals surface area contributed by atoms with Crippen molar-refractivity contribution < 1.29 is 19.1 Å². The number of nitrogens with zero attached hydrogens (tertiary/aromatic N) is 1. The normalized spacial score (nSPS) is 16.5. The Morgan fingerprint density at radius 1 is 1.37 bits per heavy atom. The predicted octanol–water partition coefficient (Wildman–Crippen LogP) is 2.54. The molecule has 0 radical (unpaired) electrons. The van der Waals surface area contributed by atoms with Crippen molar-refractivity contribution >= 4 is 26.0 Å². The molecular formula is C19H31N3O4Si. The predicted molar refractivity (Wildman–Crippen MR) is 109 cm³/mol. The molecule has 0 fully saturated rings. The summed E-state index contributed by atoms with van der Waals surface area (Å²) in [5.74, 6) is -0.646. The third-order valence-corrected chi connectivity index (χ3v) is 5.69. The van der Waals surface area contributed by atoms with Crippen LogP contribution < -0.4 is 11.1 Å². The lowest BCUT2D eigenvalue weighted by Gasteiger charge is -2.29. The van der Waals surface area contributed by atoms with Gasteiger partial charge in [-0.15, -0.1) is 6.58 Å². The zero-order valence-electron chi connectivity index (χ0n) is 16.5. The minimum Gasteiger partial charge on any atom is -0.449 e. The second-order valence-corrected chi connectivity index (χ2v) is 13.3. The van der Waals surface area contributed by atoms with Crippen LogP contribution in [0.2, 0.25) is 25.7 Å². The van der Waals surface area contributed by atoms with E-state index in [2.05, 4.69) is 31.5 Å². The highest BCUT2D eigenvalue weighted by atomic mass is 28.3. The van der Waals surface area contributed by atoms with E-state index in [4.69, 9.17) is 10.5 Å². The molecule has 3 N–H and O–H groups in total. The Labute approximate surface area is 162 Å². The molecule has 0 aromatic heterocycles. The molecule has 150 valence electrons. The van der Waals surface area contributed by atoms with Crippen molar-refractivity contribution in [3.8, 4) is 0 Å². The number of hydrogen-bond donors (Lipinski definition) is 2. The summed E-state index contributed by atoms with van der Waals surface area (Å²) in [7, 11) is -1.28. The van der Waals surface area contributed by atoms with Crippen molar-refractivity contribution in [3.63, 3.8) is 0 Å². The number of primary amides is 1. The molecule has 3 amide bonds. The molecule has 0 bridgehead atoms. The van der Waals surface area contributed by atoms with E-state index in [-0.39, 0.29) is 18.4 Å². The number of ether oxygens (including phenoxy) is 1. The summed E-state index contributed by atoms with van der Waals surface area (Å²) in [5, 5.41) is 2.74. The molecule has 0 saturated carbocycles. The van der Waals surface area contributed by atoms with Gasteiger partial charge in [0.15, 0.2) is 0 Å². The van der Waals surface area contributed by atoms with E-state index in [0.717, 1.165) is 6.04 Å². The first-order valence-electron chi connectivity index (χ1n) is 9.16. The fourth-order valence-corrected chi connectivity index (χ4v) is 3.11. The molecule has 27 heavy (non-hydrogen) atoms. The van der Waals surface area contributed by atoms with Gasteiger partial charge in [0, 0.05) is 32.8 Å². The minimum absolute atomic E-state index is 0.227. The van der Waals surface area contributed by atoms with Gasteiger partial charge in [0.05, 0.1) is 12.6 Å². The molecule has 1 unspecified atom stereocenters. The number of amides is 3. The Hall–Kier alpha value is -2.35. The molecule has 1 heterocycles. The molecule has 1 atom stereocenters. The number of nitrogens with two attached hydrogens (primary N) is 1. The van der Waals surface area contributed by atoms with Crippen molar-refractivity contribution in [1.82, 2.24) is 10.2 Å². The highest BCUT2D eigenvalue weighted by Gasteiger charge is 2.26. The summed E-state index contributed by atoms with van der Waals surface area (Å²) in [6, 6.07) is 0.579. The van der Waals surface area contributed by atoms with Gasteiger partial charge in [-0.1, -0.05) is 25.7 Å². The van der Waals surface area contributed by atoms with Crippen LogP contribution in [0.1, 0.15) is 19.3 Å². The average molecular weight is 394 g/mol. The average Bonchev–Trinajstić information content (AvgIpc) is 2.57. The third kappa shape index (κ3) is 8.72. The fourth-order valence-electron chi connectivity index (χ4n) is 2.40. The topological polar surface area (TPSA) is 102 Å². The van der Waals surface area contributed by atoms with Crippen molar-refractivity contribution in [2.75, 3.05) is 13.2 Å². The molecule has 0 aliphatic carbocycles. The highest BCUT2D eigenvalue weighted by Crippen LogP contribution is 2.19. The van der Waals surface area contributed by atoms with Gasteiger partial charge in [-0.05, 0) is 31.0 Å². The Morgan fingerprint density at radius 2 is 2.07 bits per heavy atom. The van der Waals surface area contributed by atoms with Gasteiger partial charge >= 0.3 is 6.09 Å². The van der Waals surface area contributed by atoms with E-state index in [9.17, 15) is 14.4 Å². The summed E-state index contributed by atoms with van der Waals surface area (Å²) in [5.41, 5.74) is 5.54. The van der Waals surface area contributed by atoms with E-state index in [1.54, 1.807) is 24.4 Å². The summed E-state index contributed by atoms with van der Waals surface area (Å²) in [6.07, 6.45) is 7.39. The summed E-state index contributed by atoms with van der Waals surface area (Å²) in [4.78, 5) is 36.8. The van der Waals surface area contributed by atoms with Crippen LogP contribution in [0.4, 0.5) is 4.79 Å². The number of nitrogens with one attached hydrogen (secondary N) is 1. The Morgan fingerprint density at radius 3 is 2.67 bits per heavy atom. The van der Waals surface area contributed by atoms with Crippen LogP contribution in [0.15, 0.2) is 36.6 Å². The first-order chi connectivity index (χ1) is 12.6. The molecule has 8 heteroatoms. The zero-order chi connectivity index (χ0) is 20.4. The van der Waals surface area contributed by atoms with E-state index >= 15 is 0 Å². The minimum atomic E-state index is -1.28. The maximum Gasteiger partial charge on any atom is 0.414 e. The van der Waals surface area contributed by atoms with Crippen LogP contribution in [-0.4, -0.2) is 50.1 Å². The zero-order valence-corrected chi connectivity index (χ0v) is 17.5. The Bertz CT molecular complexity index is 623. The van der Waals surface area contributed by atoms with Crippen molar-refractivity contribution in [3.05, 3.63) is 36.6 Å². The van der Waals surface area contributed by atoms with Crippen LogP contribution in [-0.2, 0) is 14.3 Å². The molecule has 1 aliphatic rings. The first-order valence-corrected chi connectivity index (χ1v) is 12.9. The Kier molecular flexibility index (Phi) is 9.00. The second kappa shape index (κ2) is 10.7. The molecule has 0 aromatic rings. The van der Waals surface area contributed by atoms with Gasteiger partial charge in [-0.25, -0.2) is 4.79 Å².